The van der Waals surface area contributed by atoms with E-state index in [0.29, 0.717) is 15.1 Å². The van der Waals surface area contributed by atoms with E-state index in [4.69, 9.17) is 34.8 Å². The maximum atomic E-state index is 6.29. The van der Waals surface area contributed by atoms with Crippen molar-refractivity contribution in [3.63, 3.8) is 0 Å². The molecule has 1 heterocycles. The molecule has 108 valence electrons. The van der Waals surface area contributed by atoms with Crippen LogP contribution in [0.25, 0.3) is 0 Å². The molecule has 0 bridgehead atoms. The van der Waals surface area contributed by atoms with E-state index in [2.05, 4.69) is 17.3 Å². The lowest BCUT2D eigenvalue weighted by Crippen LogP contribution is -2.22. The minimum atomic E-state index is -0.0775. The molecule has 0 fully saturated rings. The Morgan fingerprint density at radius 2 is 1.95 bits per heavy atom. The quantitative estimate of drug-likeness (QED) is 0.869. The van der Waals surface area contributed by atoms with Gasteiger partial charge in [0.05, 0.1) is 33.0 Å². The van der Waals surface area contributed by atoms with Crippen LogP contribution in [0.4, 0.5) is 0 Å². The number of hydrogen-bond donors (Lipinski definition) is 1. The first-order chi connectivity index (χ1) is 9.58. The van der Waals surface area contributed by atoms with Crippen molar-refractivity contribution in [3.05, 3.63) is 50.7 Å². The van der Waals surface area contributed by atoms with Crippen LogP contribution in [-0.2, 0) is 6.54 Å². The van der Waals surface area contributed by atoms with Crippen LogP contribution < -0.4 is 5.32 Å². The first-order valence-electron chi connectivity index (χ1n) is 6.41. The van der Waals surface area contributed by atoms with Crippen molar-refractivity contribution >= 4 is 34.8 Å². The zero-order valence-electron chi connectivity index (χ0n) is 11.3. The smallest absolute Gasteiger partial charge is 0.0837 e. The van der Waals surface area contributed by atoms with Gasteiger partial charge in [-0.25, -0.2) is 0 Å². The lowest BCUT2D eigenvalue weighted by Gasteiger charge is -2.19. The molecule has 1 N–H and O–H groups in total. The van der Waals surface area contributed by atoms with E-state index in [1.807, 2.05) is 23.9 Å². The van der Waals surface area contributed by atoms with Crippen LogP contribution >= 0.6 is 34.8 Å². The second kappa shape index (κ2) is 6.81. The number of rotatable bonds is 5. The van der Waals surface area contributed by atoms with Crippen LogP contribution in [0.3, 0.4) is 0 Å². The van der Waals surface area contributed by atoms with Crippen LogP contribution in [-0.4, -0.2) is 16.8 Å². The molecule has 0 radical (unpaired) electrons. The Hall–Kier alpha value is -0.740. The Morgan fingerprint density at radius 1 is 1.20 bits per heavy atom. The molecule has 1 aromatic carbocycles. The summed E-state index contributed by atoms with van der Waals surface area (Å²) < 4.78 is 1.92. The van der Waals surface area contributed by atoms with E-state index in [0.717, 1.165) is 24.2 Å². The van der Waals surface area contributed by atoms with Gasteiger partial charge in [-0.2, -0.15) is 5.10 Å². The summed E-state index contributed by atoms with van der Waals surface area (Å²) in [6, 6.07) is 5.50. The molecule has 0 aliphatic heterocycles. The van der Waals surface area contributed by atoms with Gasteiger partial charge in [0, 0.05) is 6.54 Å². The molecule has 2 aromatic rings. The predicted octanol–water partition coefficient (Wildman–Crippen LogP) is 4.56. The van der Waals surface area contributed by atoms with E-state index >= 15 is 0 Å². The molecule has 0 aliphatic rings. The van der Waals surface area contributed by atoms with Crippen molar-refractivity contribution in [1.29, 1.82) is 0 Å². The summed E-state index contributed by atoms with van der Waals surface area (Å²) >= 11 is 18.4. The van der Waals surface area contributed by atoms with Crippen LogP contribution in [0.2, 0.25) is 15.1 Å². The van der Waals surface area contributed by atoms with Gasteiger partial charge in [0.15, 0.2) is 0 Å². The Balaban J connectivity index is 2.46. The summed E-state index contributed by atoms with van der Waals surface area (Å²) in [5.41, 5.74) is 1.94. The largest absolute Gasteiger partial charge is 0.308 e. The second-order valence-electron chi connectivity index (χ2n) is 4.50. The van der Waals surface area contributed by atoms with Crippen molar-refractivity contribution in [2.75, 3.05) is 7.05 Å². The first-order valence-corrected chi connectivity index (χ1v) is 7.55. The van der Waals surface area contributed by atoms with Gasteiger partial charge in [-0.05, 0) is 31.2 Å². The molecule has 1 aromatic heterocycles. The molecule has 0 amide bonds. The molecule has 0 saturated carbocycles. The Kier molecular flexibility index (Phi) is 5.33. The minimum absolute atomic E-state index is 0.0775. The van der Waals surface area contributed by atoms with Gasteiger partial charge in [0.25, 0.3) is 0 Å². The molecule has 0 saturated heterocycles. The van der Waals surface area contributed by atoms with Crippen molar-refractivity contribution in [3.8, 4) is 0 Å². The number of hydrogen-bond acceptors (Lipinski definition) is 2. The molecule has 20 heavy (non-hydrogen) atoms. The lowest BCUT2D eigenvalue weighted by molar-refractivity contribution is 0.535. The molecule has 2 rings (SSSR count). The number of aromatic nitrogens is 2. The topological polar surface area (TPSA) is 29.9 Å². The molecular weight excluding hydrogens is 317 g/mol. The average molecular weight is 333 g/mol. The summed E-state index contributed by atoms with van der Waals surface area (Å²) in [6.07, 6.45) is 2.66. The van der Waals surface area contributed by atoms with E-state index in [1.165, 1.54) is 0 Å². The fourth-order valence-electron chi connectivity index (χ4n) is 2.20. The van der Waals surface area contributed by atoms with Crippen LogP contribution in [0.5, 0.6) is 0 Å². The predicted molar refractivity (Wildman–Crippen MR) is 84.9 cm³/mol. The van der Waals surface area contributed by atoms with Gasteiger partial charge < -0.3 is 5.32 Å². The van der Waals surface area contributed by atoms with Crippen molar-refractivity contribution in [2.24, 2.45) is 0 Å². The average Bonchev–Trinajstić information content (AvgIpc) is 2.77. The molecule has 6 heteroatoms. The Labute approximate surface area is 133 Å². The van der Waals surface area contributed by atoms with E-state index in [9.17, 15) is 0 Å². The number of aryl methyl sites for hydroxylation is 1. The standard InChI is InChI=1S/C14H16Cl3N3/c1-3-6-20-14(12(17)8-19-20)13(18-2)9-4-5-10(15)11(16)7-9/h4-5,7-8,13,18H,3,6H2,1-2H3. The van der Waals surface area contributed by atoms with Gasteiger partial charge in [-0.1, -0.05) is 47.8 Å². The number of nitrogens with one attached hydrogen (secondary N) is 1. The summed E-state index contributed by atoms with van der Waals surface area (Å²) in [6.45, 7) is 2.93. The minimum Gasteiger partial charge on any atom is -0.308 e. The lowest BCUT2D eigenvalue weighted by atomic mass is 10.0. The molecule has 0 spiro atoms. The van der Waals surface area contributed by atoms with Gasteiger partial charge >= 0.3 is 0 Å². The third-order valence-electron chi connectivity index (χ3n) is 3.11. The van der Waals surface area contributed by atoms with Crippen molar-refractivity contribution < 1.29 is 0 Å². The van der Waals surface area contributed by atoms with E-state index in [-0.39, 0.29) is 6.04 Å². The zero-order valence-corrected chi connectivity index (χ0v) is 13.6. The maximum Gasteiger partial charge on any atom is 0.0837 e. The normalized spacial score (nSPS) is 12.7. The highest BCUT2D eigenvalue weighted by molar-refractivity contribution is 6.42. The fourth-order valence-corrected chi connectivity index (χ4v) is 2.76. The molecule has 1 atom stereocenters. The highest BCUT2D eigenvalue weighted by Crippen LogP contribution is 2.31. The van der Waals surface area contributed by atoms with Crippen LogP contribution in [0.1, 0.15) is 30.6 Å². The first kappa shape index (κ1) is 15.6. The van der Waals surface area contributed by atoms with Gasteiger partial charge in [-0.3, -0.25) is 4.68 Å². The number of nitrogens with zero attached hydrogens (tertiary/aromatic N) is 2. The summed E-state index contributed by atoms with van der Waals surface area (Å²) in [5.74, 6) is 0. The highest BCUT2D eigenvalue weighted by atomic mass is 35.5. The second-order valence-corrected chi connectivity index (χ2v) is 5.72. The van der Waals surface area contributed by atoms with Crippen LogP contribution in [0, 0.1) is 0 Å². The third kappa shape index (κ3) is 3.12. The zero-order chi connectivity index (χ0) is 14.7. The summed E-state index contributed by atoms with van der Waals surface area (Å²) in [4.78, 5) is 0. The fraction of sp³-hybridized carbons (Fsp3) is 0.357. The number of halogens is 3. The monoisotopic (exact) mass is 331 g/mol. The molecular formula is C14H16Cl3N3. The highest BCUT2D eigenvalue weighted by Gasteiger charge is 2.21. The van der Waals surface area contributed by atoms with Crippen molar-refractivity contribution in [1.82, 2.24) is 15.1 Å². The summed E-state index contributed by atoms with van der Waals surface area (Å²) in [5, 5.41) is 9.30. The SMILES string of the molecule is CCCn1ncc(Cl)c1C(NC)c1ccc(Cl)c(Cl)c1. The molecule has 0 aliphatic carbocycles. The maximum absolute atomic E-state index is 6.29. The van der Waals surface area contributed by atoms with Gasteiger partial charge in [0.2, 0.25) is 0 Å². The van der Waals surface area contributed by atoms with E-state index < -0.39 is 0 Å². The molecule has 1 unspecified atom stereocenters. The Morgan fingerprint density at radius 3 is 2.55 bits per heavy atom. The van der Waals surface area contributed by atoms with Gasteiger partial charge in [0.1, 0.15) is 0 Å². The molecule has 3 nitrogen and oxygen atoms in total. The summed E-state index contributed by atoms with van der Waals surface area (Å²) in [7, 11) is 1.88. The Bertz CT molecular complexity index is 595. The number of benzene rings is 1. The third-order valence-corrected chi connectivity index (χ3v) is 4.14. The van der Waals surface area contributed by atoms with E-state index in [1.54, 1.807) is 12.3 Å². The van der Waals surface area contributed by atoms with Crippen molar-refractivity contribution in [2.45, 2.75) is 25.9 Å². The van der Waals surface area contributed by atoms with Crippen LogP contribution in [0.15, 0.2) is 24.4 Å². The van der Waals surface area contributed by atoms with Gasteiger partial charge in [-0.15, -0.1) is 0 Å².